The number of halogens is 2. The Morgan fingerprint density at radius 3 is 2.79 bits per heavy atom. The first-order chi connectivity index (χ1) is 15.8. The summed E-state index contributed by atoms with van der Waals surface area (Å²) in [5.41, 5.74) is 0.321. The van der Waals surface area contributed by atoms with Crippen molar-refractivity contribution in [1.82, 2.24) is 19.7 Å². The molecule has 1 aliphatic heterocycles. The molecule has 174 valence electrons. The second-order valence-corrected chi connectivity index (χ2v) is 9.42. The summed E-state index contributed by atoms with van der Waals surface area (Å²) in [5, 5.41) is 19.5. The van der Waals surface area contributed by atoms with E-state index in [-0.39, 0.29) is 35.4 Å². The van der Waals surface area contributed by atoms with Crippen LogP contribution in [0.4, 0.5) is 8.78 Å². The molecule has 2 unspecified atom stereocenters. The maximum Gasteiger partial charge on any atom is 0.233 e. The summed E-state index contributed by atoms with van der Waals surface area (Å²) in [7, 11) is 0. The van der Waals surface area contributed by atoms with Crippen LogP contribution in [0.3, 0.4) is 0 Å². The predicted octanol–water partition coefficient (Wildman–Crippen LogP) is 3.82. The molecule has 1 N–H and O–H groups in total. The standard InChI is InChI=1S/C23H24F2N4O3S/c1-13-4-3-5-17(10-28(13)12-30)29-11-18(22(32)21(31)14(29)2)23-27-26-20(33-23)8-15-6-7-16(24)9-19(15)25/h6-7,9,11-13,17,31H,3-5,8,10H2,1-2H3. The Labute approximate surface area is 193 Å². The molecule has 2 aromatic heterocycles. The van der Waals surface area contributed by atoms with Gasteiger partial charge in [-0.3, -0.25) is 9.59 Å². The average Bonchev–Trinajstić information content (AvgIpc) is 3.16. The van der Waals surface area contributed by atoms with Crippen molar-refractivity contribution in [2.45, 2.75) is 51.6 Å². The maximum absolute atomic E-state index is 14.0. The third kappa shape index (κ3) is 4.66. The van der Waals surface area contributed by atoms with E-state index in [1.54, 1.807) is 18.0 Å². The zero-order valence-electron chi connectivity index (χ0n) is 18.3. The van der Waals surface area contributed by atoms with E-state index < -0.39 is 17.1 Å². The van der Waals surface area contributed by atoms with Gasteiger partial charge in [0.05, 0.1) is 17.3 Å². The fraction of sp³-hybridized carbons (Fsp3) is 0.391. The minimum absolute atomic E-state index is 0.102. The number of hydrogen-bond acceptors (Lipinski definition) is 6. The van der Waals surface area contributed by atoms with Crippen molar-refractivity contribution in [2.24, 2.45) is 0 Å². The summed E-state index contributed by atoms with van der Waals surface area (Å²) in [6, 6.07) is 3.35. The fourth-order valence-corrected chi connectivity index (χ4v) is 5.07. The molecule has 3 heterocycles. The molecule has 33 heavy (non-hydrogen) atoms. The second-order valence-electron chi connectivity index (χ2n) is 8.36. The van der Waals surface area contributed by atoms with Crippen molar-refractivity contribution in [3.05, 3.63) is 62.5 Å². The van der Waals surface area contributed by atoms with Gasteiger partial charge in [-0.1, -0.05) is 17.4 Å². The number of amides is 1. The van der Waals surface area contributed by atoms with Crippen LogP contribution in [0.15, 0.2) is 29.2 Å². The summed E-state index contributed by atoms with van der Waals surface area (Å²) in [6.45, 7) is 4.14. The molecule has 0 saturated carbocycles. The quantitative estimate of drug-likeness (QED) is 0.568. The summed E-state index contributed by atoms with van der Waals surface area (Å²) < 4.78 is 29.0. The van der Waals surface area contributed by atoms with Crippen LogP contribution in [-0.2, 0) is 11.2 Å². The fourth-order valence-electron chi connectivity index (χ4n) is 4.21. The minimum atomic E-state index is -0.676. The molecule has 1 saturated heterocycles. The average molecular weight is 475 g/mol. The van der Waals surface area contributed by atoms with Gasteiger partial charge in [0.25, 0.3) is 0 Å². The van der Waals surface area contributed by atoms with Crippen LogP contribution in [0.25, 0.3) is 10.6 Å². The zero-order chi connectivity index (χ0) is 23.7. The monoisotopic (exact) mass is 474 g/mol. The normalized spacial score (nSPS) is 18.8. The number of benzene rings is 1. The molecule has 0 spiro atoms. The van der Waals surface area contributed by atoms with Gasteiger partial charge in [-0.05, 0) is 44.7 Å². The molecule has 0 aliphatic carbocycles. The number of aromatic hydroxyl groups is 1. The van der Waals surface area contributed by atoms with E-state index in [0.29, 0.717) is 22.3 Å². The van der Waals surface area contributed by atoms with Gasteiger partial charge in [-0.2, -0.15) is 0 Å². The van der Waals surface area contributed by atoms with Crippen molar-refractivity contribution in [3.8, 4) is 16.3 Å². The van der Waals surface area contributed by atoms with Gasteiger partial charge in [0.2, 0.25) is 11.8 Å². The number of hydrogen-bond donors (Lipinski definition) is 1. The summed E-state index contributed by atoms with van der Waals surface area (Å²) in [6.07, 6.45) is 5.18. The van der Waals surface area contributed by atoms with Crippen LogP contribution in [0.1, 0.15) is 48.5 Å². The lowest BCUT2D eigenvalue weighted by Gasteiger charge is -2.28. The van der Waals surface area contributed by atoms with E-state index in [1.807, 2.05) is 11.5 Å². The Hall–Kier alpha value is -3.14. The molecule has 0 radical (unpaired) electrons. The van der Waals surface area contributed by atoms with E-state index >= 15 is 0 Å². The molecule has 1 aliphatic rings. The highest BCUT2D eigenvalue weighted by Gasteiger charge is 2.26. The molecule has 1 fully saturated rings. The van der Waals surface area contributed by atoms with Crippen LogP contribution in [0, 0.1) is 18.6 Å². The van der Waals surface area contributed by atoms with Crippen molar-refractivity contribution < 1.29 is 18.7 Å². The van der Waals surface area contributed by atoms with Crippen LogP contribution in [0.2, 0.25) is 0 Å². The molecule has 10 heteroatoms. The number of aromatic nitrogens is 3. The Morgan fingerprint density at radius 2 is 2.06 bits per heavy atom. The van der Waals surface area contributed by atoms with Crippen LogP contribution in [-0.4, -0.2) is 43.8 Å². The van der Waals surface area contributed by atoms with Crippen molar-refractivity contribution in [2.75, 3.05) is 6.54 Å². The highest BCUT2D eigenvalue weighted by Crippen LogP contribution is 2.30. The minimum Gasteiger partial charge on any atom is -0.503 e. The molecule has 2 atom stereocenters. The van der Waals surface area contributed by atoms with Gasteiger partial charge in [-0.25, -0.2) is 8.78 Å². The molecule has 1 aromatic carbocycles. The molecule has 0 bridgehead atoms. The van der Waals surface area contributed by atoms with Gasteiger partial charge in [0, 0.05) is 31.3 Å². The Balaban J connectivity index is 1.68. The number of carbonyl (C=O) groups is 1. The molecule has 3 aromatic rings. The van der Waals surface area contributed by atoms with E-state index in [4.69, 9.17) is 0 Å². The number of carbonyl (C=O) groups excluding carboxylic acids is 1. The lowest BCUT2D eigenvalue weighted by molar-refractivity contribution is -0.120. The van der Waals surface area contributed by atoms with E-state index in [2.05, 4.69) is 10.2 Å². The third-order valence-corrected chi connectivity index (χ3v) is 7.14. The second kappa shape index (κ2) is 9.38. The Kier molecular flexibility index (Phi) is 6.55. The lowest BCUT2D eigenvalue weighted by Crippen LogP contribution is -2.35. The SMILES string of the molecule is Cc1c(O)c(=O)c(-c2nnc(Cc3ccc(F)cc3F)s2)cn1C1CCCC(C)N(C=O)C1. The van der Waals surface area contributed by atoms with Gasteiger partial charge in [0.15, 0.2) is 10.8 Å². The number of pyridine rings is 1. The first-order valence-electron chi connectivity index (χ1n) is 10.7. The molecular formula is C23H24F2N4O3S. The first-order valence-corrected chi connectivity index (χ1v) is 11.5. The number of likely N-dealkylation sites (tertiary alicyclic amines) is 1. The van der Waals surface area contributed by atoms with Crippen LogP contribution < -0.4 is 5.43 Å². The third-order valence-electron chi connectivity index (χ3n) is 6.19. The molecular weight excluding hydrogens is 450 g/mol. The first kappa shape index (κ1) is 23.0. The van der Waals surface area contributed by atoms with Gasteiger partial charge in [0.1, 0.15) is 16.6 Å². The highest BCUT2D eigenvalue weighted by atomic mass is 32.1. The van der Waals surface area contributed by atoms with E-state index in [9.17, 15) is 23.5 Å². The Bertz CT molecular complexity index is 1240. The summed E-state index contributed by atoms with van der Waals surface area (Å²) in [5.74, 6) is -1.71. The molecule has 4 rings (SSSR count). The van der Waals surface area contributed by atoms with Crippen molar-refractivity contribution in [1.29, 1.82) is 0 Å². The van der Waals surface area contributed by atoms with Crippen LogP contribution in [0.5, 0.6) is 5.75 Å². The van der Waals surface area contributed by atoms with E-state index in [0.717, 1.165) is 43.1 Å². The summed E-state index contributed by atoms with van der Waals surface area (Å²) in [4.78, 5) is 26.1. The molecule has 7 nitrogen and oxygen atoms in total. The van der Waals surface area contributed by atoms with Crippen molar-refractivity contribution in [3.63, 3.8) is 0 Å². The van der Waals surface area contributed by atoms with E-state index in [1.165, 1.54) is 12.1 Å². The highest BCUT2D eigenvalue weighted by molar-refractivity contribution is 7.14. The summed E-state index contributed by atoms with van der Waals surface area (Å²) >= 11 is 1.11. The largest absolute Gasteiger partial charge is 0.503 e. The van der Waals surface area contributed by atoms with Gasteiger partial charge in [-0.15, -0.1) is 10.2 Å². The van der Waals surface area contributed by atoms with Crippen LogP contribution >= 0.6 is 11.3 Å². The molecule has 1 amide bonds. The zero-order valence-corrected chi connectivity index (χ0v) is 19.1. The van der Waals surface area contributed by atoms with Gasteiger partial charge >= 0.3 is 0 Å². The number of nitrogens with zero attached hydrogens (tertiary/aromatic N) is 4. The maximum atomic E-state index is 14.0. The Morgan fingerprint density at radius 1 is 1.27 bits per heavy atom. The van der Waals surface area contributed by atoms with Gasteiger partial charge < -0.3 is 14.6 Å². The number of rotatable bonds is 5. The lowest BCUT2D eigenvalue weighted by atomic mass is 10.1. The predicted molar refractivity (Wildman–Crippen MR) is 120 cm³/mol. The topological polar surface area (TPSA) is 88.3 Å². The van der Waals surface area contributed by atoms with Crippen molar-refractivity contribution >= 4 is 17.7 Å². The smallest absolute Gasteiger partial charge is 0.233 e.